The van der Waals surface area contributed by atoms with E-state index >= 15 is 0 Å². The average Bonchev–Trinajstić information content (AvgIpc) is 2.05. The fraction of sp³-hybridized carbons (Fsp3) is 0.333. The summed E-state index contributed by atoms with van der Waals surface area (Å²) in [6, 6.07) is 0. The lowest BCUT2D eigenvalue weighted by Gasteiger charge is -1.91. The molecule has 0 aliphatic rings. The van der Waals surface area contributed by atoms with Gasteiger partial charge in [-0.3, -0.25) is 4.79 Å². The molecule has 0 fully saturated rings. The van der Waals surface area contributed by atoms with E-state index in [0.29, 0.717) is 5.57 Å². The van der Waals surface area contributed by atoms with Gasteiger partial charge in [-0.05, 0) is 13.3 Å². The van der Waals surface area contributed by atoms with Gasteiger partial charge in [0.2, 0.25) is 5.78 Å². The molecule has 1 N–H and O–H groups in total. The van der Waals surface area contributed by atoms with E-state index in [1.54, 1.807) is 19.1 Å². The van der Waals surface area contributed by atoms with Gasteiger partial charge in [0.1, 0.15) is 0 Å². The molecule has 60 valence electrons. The van der Waals surface area contributed by atoms with Gasteiger partial charge in [-0.1, -0.05) is 25.2 Å². The third-order valence-electron chi connectivity index (χ3n) is 1.26. The second-order valence-corrected chi connectivity index (χ2v) is 2.06. The molecule has 0 saturated heterocycles. The second-order valence-electron chi connectivity index (χ2n) is 2.06. The van der Waals surface area contributed by atoms with Crippen LogP contribution in [0.25, 0.3) is 0 Å². The summed E-state index contributed by atoms with van der Waals surface area (Å²) in [4.78, 5) is 10.9. The van der Waals surface area contributed by atoms with Crippen molar-refractivity contribution in [1.82, 2.24) is 0 Å². The number of carbonyl (C=O) groups is 1. The minimum absolute atomic E-state index is 0.239. The van der Waals surface area contributed by atoms with Crippen LogP contribution in [0.15, 0.2) is 23.8 Å². The van der Waals surface area contributed by atoms with Crippen LogP contribution in [0.4, 0.5) is 0 Å². The first-order chi connectivity index (χ1) is 5.26. The Labute approximate surface area is 67.1 Å². The number of rotatable bonds is 4. The van der Waals surface area contributed by atoms with Crippen LogP contribution in [0.5, 0.6) is 0 Å². The first-order valence-corrected chi connectivity index (χ1v) is 3.63. The Bertz CT molecular complexity index is 202. The van der Waals surface area contributed by atoms with Gasteiger partial charge >= 0.3 is 0 Å². The highest BCUT2D eigenvalue weighted by molar-refractivity contribution is 6.35. The van der Waals surface area contributed by atoms with E-state index in [-0.39, 0.29) is 5.78 Å². The topological polar surface area (TPSA) is 40.9 Å². The molecule has 2 nitrogen and oxygen atoms in total. The molecule has 0 spiro atoms. The van der Waals surface area contributed by atoms with Gasteiger partial charge < -0.3 is 5.41 Å². The van der Waals surface area contributed by atoms with Crippen LogP contribution < -0.4 is 0 Å². The van der Waals surface area contributed by atoms with Crippen molar-refractivity contribution < 1.29 is 4.79 Å². The van der Waals surface area contributed by atoms with Crippen molar-refractivity contribution in [3.63, 3.8) is 0 Å². The van der Waals surface area contributed by atoms with Gasteiger partial charge in [-0.15, -0.1) is 0 Å². The summed E-state index contributed by atoms with van der Waals surface area (Å²) in [5.74, 6) is -0.239. The van der Waals surface area contributed by atoms with Crippen molar-refractivity contribution in [2.45, 2.75) is 20.3 Å². The van der Waals surface area contributed by atoms with E-state index in [4.69, 9.17) is 5.41 Å². The van der Waals surface area contributed by atoms with Crippen LogP contribution >= 0.6 is 0 Å². The molecule has 0 heterocycles. The first kappa shape index (κ1) is 9.82. The first-order valence-electron chi connectivity index (χ1n) is 3.63. The van der Waals surface area contributed by atoms with Crippen molar-refractivity contribution in [2.24, 2.45) is 0 Å². The van der Waals surface area contributed by atoms with Gasteiger partial charge in [0.05, 0.1) is 6.21 Å². The van der Waals surface area contributed by atoms with E-state index in [0.717, 1.165) is 12.6 Å². The Balaban J connectivity index is 4.31. The molecule has 2 heteroatoms. The number of carbonyl (C=O) groups excluding carboxylic acids is 1. The smallest absolute Gasteiger partial charge is 0.202 e. The van der Waals surface area contributed by atoms with E-state index in [9.17, 15) is 4.79 Å². The van der Waals surface area contributed by atoms with Gasteiger partial charge in [0.25, 0.3) is 0 Å². The zero-order valence-corrected chi connectivity index (χ0v) is 6.92. The molecular weight excluding hydrogens is 138 g/mol. The number of hydrogen-bond acceptors (Lipinski definition) is 2. The van der Waals surface area contributed by atoms with E-state index < -0.39 is 0 Å². The van der Waals surface area contributed by atoms with Crippen LogP contribution in [-0.4, -0.2) is 12.0 Å². The standard InChI is InChI=1S/C9H13NO/c1-3-5-6-8(4-2)9(11)7-10/h4-7,10H,3H2,1-2H3. The molecule has 0 aromatic heterocycles. The highest BCUT2D eigenvalue weighted by Crippen LogP contribution is 1.97. The van der Waals surface area contributed by atoms with Crippen molar-refractivity contribution in [2.75, 3.05) is 0 Å². The summed E-state index contributed by atoms with van der Waals surface area (Å²) in [6.07, 6.45) is 7.08. The predicted molar refractivity (Wildman–Crippen MR) is 47.0 cm³/mol. The van der Waals surface area contributed by atoms with Crippen molar-refractivity contribution >= 4 is 12.0 Å². The summed E-state index contributed by atoms with van der Waals surface area (Å²) in [5, 5.41) is 6.73. The Morgan fingerprint density at radius 2 is 2.18 bits per heavy atom. The van der Waals surface area contributed by atoms with Gasteiger partial charge in [-0.25, -0.2) is 0 Å². The summed E-state index contributed by atoms with van der Waals surface area (Å²) >= 11 is 0. The minimum Gasteiger partial charge on any atom is -0.305 e. The molecule has 11 heavy (non-hydrogen) atoms. The van der Waals surface area contributed by atoms with Crippen LogP contribution in [0.3, 0.4) is 0 Å². The Morgan fingerprint density at radius 1 is 1.55 bits per heavy atom. The predicted octanol–water partition coefficient (Wildman–Crippen LogP) is 2.12. The maximum Gasteiger partial charge on any atom is 0.202 e. The van der Waals surface area contributed by atoms with E-state index in [1.165, 1.54) is 0 Å². The highest BCUT2D eigenvalue weighted by atomic mass is 16.1. The van der Waals surface area contributed by atoms with Crippen LogP contribution in [-0.2, 0) is 4.79 Å². The molecule has 0 radical (unpaired) electrons. The van der Waals surface area contributed by atoms with E-state index in [2.05, 4.69) is 0 Å². The highest BCUT2D eigenvalue weighted by Gasteiger charge is 1.98. The normalized spacial score (nSPS) is 12.0. The molecule has 0 saturated carbocycles. The molecule has 0 aromatic rings. The second kappa shape index (κ2) is 5.59. The SMILES string of the molecule is CC=C(C=CCC)C(=O)C=N. The Hall–Kier alpha value is -1.18. The average molecular weight is 151 g/mol. The molecule has 0 unspecified atom stereocenters. The third kappa shape index (κ3) is 3.50. The van der Waals surface area contributed by atoms with Gasteiger partial charge in [-0.2, -0.15) is 0 Å². The molecule has 0 atom stereocenters. The number of allylic oxidation sites excluding steroid dienone is 4. The summed E-state index contributed by atoms with van der Waals surface area (Å²) < 4.78 is 0. The van der Waals surface area contributed by atoms with Crippen molar-refractivity contribution in [3.8, 4) is 0 Å². The Morgan fingerprint density at radius 3 is 2.55 bits per heavy atom. The van der Waals surface area contributed by atoms with Crippen molar-refractivity contribution in [3.05, 3.63) is 23.8 Å². The number of nitrogens with one attached hydrogen (secondary N) is 1. The lowest BCUT2D eigenvalue weighted by Crippen LogP contribution is -1.99. The fourth-order valence-electron chi connectivity index (χ4n) is 0.649. The maximum absolute atomic E-state index is 10.9. The zero-order valence-electron chi connectivity index (χ0n) is 6.92. The molecule has 0 aromatic carbocycles. The third-order valence-corrected chi connectivity index (χ3v) is 1.26. The molecule has 0 aliphatic carbocycles. The molecular formula is C9H13NO. The largest absolute Gasteiger partial charge is 0.305 e. The fourth-order valence-corrected chi connectivity index (χ4v) is 0.649. The molecule has 0 amide bonds. The zero-order chi connectivity index (χ0) is 8.69. The van der Waals surface area contributed by atoms with Crippen molar-refractivity contribution in [1.29, 1.82) is 5.41 Å². The number of ketones is 1. The van der Waals surface area contributed by atoms with Crippen LogP contribution in [0.2, 0.25) is 0 Å². The monoisotopic (exact) mass is 151 g/mol. The number of Topliss-reactive ketones (excluding diaryl/α,β-unsaturated/α-hetero) is 1. The van der Waals surface area contributed by atoms with E-state index in [1.807, 2.05) is 13.0 Å². The summed E-state index contributed by atoms with van der Waals surface area (Å²) in [6.45, 7) is 3.79. The minimum atomic E-state index is -0.239. The Kier molecular flexibility index (Phi) is 4.99. The summed E-state index contributed by atoms with van der Waals surface area (Å²) in [7, 11) is 0. The summed E-state index contributed by atoms with van der Waals surface area (Å²) in [5.41, 5.74) is 0.585. The number of hydrogen-bond donors (Lipinski definition) is 1. The van der Waals surface area contributed by atoms with Gasteiger partial charge in [0.15, 0.2) is 0 Å². The quantitative estimate of drug-likeness (QED) is 0.373. The molecule has 0 bridgehead atoms. The van der Waals surface area contributed by atoms with Crippen LogP contribution in [0.1, 0.15) is 20.3 Å². The lowest BCUT2D eigenvalue weighted by atomic mass is 10.1. The maximum atomic E-state index is 10.9. The molecule has 0 aliphatic heterocycles. The lowest BCUT2D eigenvalue weighted by molar-refractivity contribution is -0.109. The van der Waals surface area contributed by atoms with Crippen LogP contribution in [0, 0.1) is 5.41 Å². The molecule has 0 rings (SSSR count). The van der Waals surface area contributed by atoms with Gasteiger partial charge in [0, 0.05) is 5.57 Å².